The maximum atomic E-state index is 13.9. The Bertz CT molecular complexity index is 1490. The van der Waals surface area contributed by atoms with Gasteiger partial charge in [0.2, 0.25) is 0 Å². The number of morpholine rings is 1. The minimum Gasteiger partial charge on any atom is -0.497 e. The summed E-state index contributed by atoms with van der Waals surface area (Å²) < 4.78 is 45.8. The summed E-state index contributed by atoms with van der Waals surface area (Å²) in [5.41, 5.74) is 3.31. The van der Waals surface area contributed by atoms with Gasteiger partial charge in [-0.15, -0.1) is 0 Å². The van der Waals surface area contributed by atoms with Crippen LogP contribution in [-0.2, 0) is 38.1 Å². The van der Waals surface area contributed by atoms with Gasteiger partial charge in [0.05, 0.1) is 37.5 Å². The molecule has 1 saturated heterocycles. The largest absolute Gasteiger partial charge is 0.497 e. The molecule has 0 aliphatic carbocycles. The number of nitrogens with one attached hydrogen (secondary N) is 1. The molecule has 3 aromatic rings. The van der Waals surface area contributed by atoms with Gasteiger partial charge in [0.25, 0.3) is 15.9 Å². The molecule has 2 aliphatic rings. The third-order valence-electron chi connectivity index (χ3n) is 7.63. The first-order valence-corrected chi connectivity index (χ1v) is 15.6. The number of nitrogens with zero attached hydrogens (tertiary/aromatic N) is 2. The van der Waals surface area contributed by atoms with E-state index in [0.717, 1.165) is 44.0 Å². The van der Waals surface area contributed by atoms with Gasteiger partial charge >= 0.3 is 0 Å². The van der Waals surface area contributed by atoms with Gasteiger partial charge in [-0.1, -0.05) is 51.1 Å². The van der Waals surface area contributed by atoms with Gasteiger partial charge < -0.3 is 19.5 Å². The van der Waals surface area contributed by atoms with Crippen LogP contribution in [0.5, 0.6) is 11.5 Å². The van der Waals surface area contributed by atoms with E-state index in [4.69, 9.17) is 14.2 Å². The monoisotopic (exact) mass is 593 g/mol. The van der Waals surface area contributed by atoms with E-state index in [0.29, 0.717) is 23.7 Å². The Labute approximate surface area is 248 Å². The molecular formula is C32H39N3O6S. The summed E-state index contributed by atoms with van der Waals surface area (Å²) in [5, 5.41) is 2.93. The van der Waals surface area contributed by atoms with E-state index in [1.807, 2.05) is 24.3 Å². The van der Waals surface area contributed by atoms with Crippen LogP contribution in [-0.4, -0.2) is 65.3 Å². The van der Waals surface area contributed by atoms with Gasteiger partial charge in [0.1, 0.15) is 11.5 Å². The molecule has 0 radical (unpaired) electrons. The number of fused-ring (bicyclic) bond motifs is 1. The lowest BCUT2D eigenvalue weighted by Gasteiger charge is -2.36. The SMILES string of the molecule is COc1ccc(S(=O)(=O)N2CC(C(=O)NCc3ccc(CN4CCOCC4)cc3)Oc3ccc(C(C)(C)C)cc32)cc1. The van der Waals surface area contributed by atoms with E-state index < -0.39 is 16.1 Å². The molecule has 1 N–H and O–H groups in total. The molecule has 0 aromatic heterocycles. The van der Waals surface area contributed by atoms with Crippen LogP contribution in [0.25, 0.3) is 0 Å². The number of amides is 1. The Morgan fingerprint density at radius 1 is 0.976 bits per heavy atom. The van der Waals surface area contributed by atoms with E-state index in [1.54, 1.807) is 18.2 Å². The topological polar surface area (TPSA) is 97.4 Å². The zero-order valence-corrected chi connectivity index (χ0v) is 25.4. The van der Waals surface area contributed by atoms with Crippen molar-refractivity contribution >= 4 is 21.6 Å². The third kappa shape index (κ3) is 6.72. The van der Waals surface area contributed by atoms with Crippen molar-refractivity contribution in [2.24, 2.45) is 0 Å². The maximum absolute atomic E-state index is 13.9. The highest BCUT2D eigenvalue weighted by Crippen LogP contribution is 2.40. The fraction of sp³-hybridized carbons (Fsp3) is 0.406. The molecule has 1 unspecified atom stereocenters. The smallest absolute Gasteiger partial charge is 0.264 e. The Morgan fingerprint density at radius 2 is 1.64 bits per heavy atom. The number of carbonyl (C=O) groups is 1. The minimum atomic E-state index is -4.01. The Kier molecular flexibility index (Phi) is 8.77. The highest BCUT2D eigenvalue weighted by Gasteiger charge is 2.38. The standard InChI is InChI=1S/C32H39N3O6S/c1-32(2,3)25-9-14-29-28(19-25)35(42(37,38)27-12-10-26(39-4)11-13-27)22-30(41-29)31(36)33-20-23-5-7-24(8-6-23)21-34-15-17-40-18-16-34/h5-14,19,30H,15-18,20-22H2,1-4H3,(H,33,36). The zero-order valence-electron chi connectivity index (χ0n) is 24.6. The number of hydrogen-bond acceptors (Lipinski definition) is 7. The van der Waals surface area contributed by atoms with Gasteiger partial charge in [0, 0.05) is 26.2 Å². The number of sulfonamides is 1. The third-order valence-corrected chi connectivity index (χ3v) is 9.43. The fourth-order valence-corrected chi connectivity index (χ4v) is 6.51. The van der Waals surface area contributed by atoms with Gasteiger partial charge in [-0.2, -0.15) is 0 Å². The Balaban J connectivity index is 1.33. The molecule has 1 atom stereocenters. The van der Waals surface area contributed by atoms with Gasteiger partial charge in [-0.3, -0.25) is 14.0 Å². The molecule has 1 amide bonds. The molecule has 0 bridgehead atoms. The molecule has 224 valence electrons. The molecule has 0 saturated carbocycles. The molecule has 10 heteroatoms. The number of ether oxygens (including phenoxy) is 3. The van der Waals surface area contributed by atoms with E-state index >= 15 is 0 Å². The summed E-state index contributed by atoms with van der Waals surface area (Å²) in [6.45, 7) is 10.6. The quantitative estimate of drug-likeness (QED) is 0.420. The number of benzene rings is 3. The number of anilines is 1. The molecule has 5 rings (SSSR count). The lowest BCUT2D eigenvalue weighted by molar-refractivity contribution is -0.127. The van der Waals surface area contributed by atoms with E-state index in [9.17, 15) is 13.2 Å². The van der Waals surface area contributed by atoms with Crippen molar-refractivity contribution in [1.29, 1.82) is 0 Å². The number of rotatable bonds is 8. The molecule has 9 nitrogen and oxygen atoms in total. The van der Waals surface area contributed by atoms with Crippen molar-refractivity contribution in [1.82, 2.24) is 10.2 Å². The summed E-state index contributed by atoms with van der Waals surface area (Å²) >= 11 is 0. The minimum absolute atomic E-state index is 0.105. The molecule has 2 aliphatic heterocycles. The maximum Gasteiger partial charge on any atom is 0.264 e. The van der Waals surface area contributed by atoms with Crippen molar-refractivity contribution in [2.45, 2.75) is 50.3 Å². The van der Waals surface area contributed by atoms with E-state index in [1.165, 1.54) is 29.1 Å². The van der Waals surface area contributed by atoms with Crippen LogP contribution < -0.4 is 19.1 Å². The van der Waals surface area contributed by atoms with Gasteiger partial charge in [0.15, 0.2) is 6.10 Å². The summed E-state index contributed by atoms with van der Waals surface area (Å²) in [5.74, 6) is 0.518. The van der Waals surface area contributed by atoms with Crippen LogP contribution in [0.1, 0.15) is 37.5 Å². The second-order valence-electron chi connectivity index (χ2n) is 11.7. The van der Waals surface area contributed by atoms with Crippen molar-refractivity contribution in [2.75, 3.05) is 44.3 Å². The van der Waals surface area contributed by atoms with Crippen LogP contribution in [0.4, 0.5) is 5.69 Å². The first-order chi connectivity index (χ1) is 20.0. The number of carbonyl (C=O) groups excluding carboxylic acids is 1. The first-order valence-electron chi connectivity index (χ1n) is 14.2. The van der Waals surface area contributed by atoms with Crippen LogP contribution in [0.2, 0.25) is 0 Å². The lowest BCUT2D eigenvalue weighted by atomic mass is 9.86. The highest BCUT2D eigenvalue weighted by molar-refractivity contribution is 7.92. The Morgan fingerprint density at radius 3 is 2.29 bits per heavy atom. The predicted molar refractivity (Wildman–Crippen MR) is 161 cm³/mol. The summed E-state index contributed by atoms with van der Waals surface area (Å²) in [4.78, 5) is 15.8. The van der Waals surface area contributed by atoms with Crippen molar-refractivity contribution < 1.29 is 27.4 Å². The van der Waals surface area contributed by atoms with Crippen molar-refractivity contribution in [3.8, 4) is 11.5 Å². The molecule has 42 heavy (non-hydrogen) atoms. The molecule has 0 spiro atoms. The van der Waals surface area contributed by atoms with Gasteiger partial charge in [-0.25, -0.2) is 8.42 Å². The average molecular weight is 594 g/mol. The predicted octanol–water partition coefficient (Wildman–Crippen LogP) is 4.10. The highest BCUT2D eigenvalue weighted by atomic mass is 32.2. The Hall–Kier alpha value is -3.60. The van der Waals surface area contributed by atoms with E-state index in [-0.39, 0.29) is 22.8 Å². The van der Waals surface area contributed by atoms with Crippen molar-refractivity contribution in [3.63, 3.8) is 0 Å². The number of methoxy groups -OCH3 is 1. The van der Waals surface area contributed by atoms with Gasteiger partial charge in [-0.05, 0) is 58.5 Å². The summed E-state index contributed by atoms with van der Waals surface area (Å²) in [6.07, 6.45) is -1.02. The summed E-state index contributed by atoms with van der Waals surface area (Å²) in [6, 6.07) is 19.9. The fourth-order valence-electron chi connectivity index (χ4n) is 5.04. The lowest BCUT2D eigenvalue weighted by Crippen LogP contribution is -2.50. The molecular weight excluding hydrogens is 554 g/mol. The van der Waals surface area contributed by atoms with Crippen LogP contribution >= 0.6 is 0 Å². The van der Waals surface area contributed by atoms with Crippen LogP contribution in [0, 0.1) is 0 Å². The van der Waals surface area contributed by atoms with E-state index in [2.05, 4.69) is 43.1 Å². The zero-order chi connectivity index (χ0) is 29.9. The van der Waals surface area contributed by atoms with Crippen LogP contribution in [0.15, 0.2) is 71.6 Å². The first kappa shape index (κ1) is 29.9. The number of hydrogen-bond donors (Lipinski definition) is 1. The van der Waals surface area contributed by atoms with Crippen LogP contribution in [0.3, 0.4) is 0 Å². The second-order valence-corrected chi connectivity index (χ2v) is 13.5. The average Bonchev–Trinajstić information content (AvgIpc) is 2.99. The second kappa shape index (κ2) is 12.3. The molecule has 3 aromatic carbocycles. The molecule has 1 fully saturated rings. The molecule has 2 heterocycles. The summed E-state index contributed by atoms with van der Waals surface area (Å²) in [7, 11) is -2.48. The van der Waals surface area contributed by atoms with Crippen molar-refractivity contribution in [3.05, 3.63) is 83.4 Å². The normalized spacial score (nSPS) is 17.7.